The molecule has 1 atom stereocenters. The molecule has 0 saturated carbocycles. The molecule has 0 spiro atoms. The minimum atomic E-state index is -0.890. The van der Waals surface area contributed by atoms with Gasteiger partial charge in [-0.1, -0.05) is 23.7 Å². The lowest BCUT2D eigenvalue weighted by molar-refractivity contribution is -0.139. The summed E-state index contributed by atoms with van der Waals surface area (Å²) in [5.41, 5.74) is 1.09. The van der Waals surface area contributed by atoms with Crippen LogP contribution in [0.4, 0.5) is 0 Å². The van der Waals surface area contributed by atoms with Gasteiger partial charge in [0.05, 0.1) is 0 Å². The van der Waals surface area contributed by atoms with Gasteiger partial charge in [0.2, 0.25) is 11.8 Å². The molecule has 1 aliphatic heterocycles. The molecule has 2 amide bonds. The Morgan fingerprint density at radius 2 is 2.05 bits per heavy atom. The lowest BCUT2D eigenvalue weighted by atomic mass is 10.0. The molecule has 5 heteroatoms. The first kappa shape index (κ1) is 15.8. The van der Waals surface area contributed by atoms with Gasteiger partial charge in [-0.15, -0.1) is 0 Å². The average molecular weight is 309 g/mol. The Morgan fingerprint density at radius 3 is 2.67 bits per heavy atom. The minimum absolute atomic E-state index is 0.0857. The summed E-state index contributed by atoms with van der Waals surface area (Å²) in [6, 6.07) is 5.64. The van der Waals surface area contributed by atoms with Crippen LogP contribution >= 0.6 is 11.6 Å². The third-order valence-electron chi connectivity index (χ3n) is 3.81. The van der Waals surface area contributed by atoms with Gasteiger partial charge in [-0.2, -0.15) is 0 Å². The summed E-state index contributed by atoms with van der Waals surface area (Å²) in [6.45, 7) is 7.74. The fourth-order valence-electron chi connectivity index (χ4n) is 2.58. The molecule has 1 aromatic carbocycles. The quantitative estimate of drug-likeness (QED) is 0.913. The van der Waals surface area contributed by atoms with Crippen LogP contribution in [0.15, 0.2) is 18.2 Å². The number of amides is 2. The zero-order valence-corrected chi connectivity index (χ0v) is 13.6. The van der Waals surface area contributed by atoms with E-state index in [0.29, 0.717) is 18.0 Å². The van der Waals surface area contributed by atoms with Crippen molar-refractivity contribution < 1.29 is 9.59 Å². The summed E-state index contributed by atoms with van der Waals surface area (Å²) < 4.78 is 0. The van der Waals surface area contributed by atoms with Crippen molar-refractivity contribution in [3.8, 4) is 0 Å². The molecule has 1 aromatic rings. The van der Waals surface area contributed by atoms with E-state index in [4.69, 9.17) is 11.6 Å². The molecule has 114 valence electrons. The number of carbonyl (C=O) groups is 2. The van der Waals surface area contributed by atoms with Crippen molar-refractivity contribution >= 4 is 23.4 Å². The van der Waals surface area contributed by atoms with E-state index in [2.05, 4.69) is 5.32 Å². The second kappa shape index (κ2) is 5.68. The van der Waals surface area contributed by atoms with E-state index >= 15 is 0 Å². The number of hydrogen-bond acceptors (Lipinski definition) is 2. The Morgan fingerprint density at radius 1 is 1.38 bits per heavy atom. The number of carbonyl (C=O) groups excluding carboxylic acids is 2. The number of benzene rings is 1. The Bertz CT molecular complexity index is 584. The van der Waals surface area contributed by atoms with Crippen LogP contribution in [-0.4, -0.2) is 28.3 Å². The molecule has 0 aromatic heterocycles. The van der Waals surface area contributed by atoms with Crippen LogP contribution in [0.1, 0.15) is 38.3 Å². The van der Waals surface area contributed by atoms with Gasteiger partial charge in [-0.05, 0) is 44.9 Å². The van der Waals surface area contributed by atoms with Crippen LogP contribution in [0.5, 0.6) is 0 Å². The molecule has 1 heterocycles. The van der Waals surface area contributed by atoms with Crippen LogP contribution in [0, 0.1) is 6.92 Å². The van der Waals surface area contributed by atoms with Crippen molar-refractivity contribution in [2.45, 2.75) is 52.2 Å². The number of nitrogens with zero attached hydrogens (tertiary/aromatic N) is 1. The van der Waals surface area contributed by atoms with Gasteiger partial charge in [0.25, 0.3) is 0 Å². The number of rotatable bonds is 2. The molecule has 0 radical (unpaired) electrons. The van der Waals surface area contributed by atoms with Gasteiger partial charge in [0, 0.05) is 24.0 Å². The molecule has 1 N–H and O–H groups in total. The Balaban J connectivity index is 2.31. The predicted octanol–water partition coefficient (Wildman–Crippen LogP) is 2.66. The van der Waals surface area contributed by atoms with Crippen LogP contribution in [0.25, 0.3) is 0 Å². The number of hydrogen-bond donors (Lipinski definition) is 1. The normalized spacial score (nSPS) is 22.0. The smallest absolute Gasteiger partial charge is 0.248 e. The third kappa shape index (κ3) is 3.38. The van der Waals surface area contributed by atoms with E-state index in [1.165, 1.54) is 0 Å². The van der Waals surface area contributed by atoms with E-state index in [-0.39, 0.29) is 17.9 Å². The number of halogens is 1. The number of aryl methyl sites for hydroxylation is 1. The van der Waals surface area contributed by atoms with Crippen molar-refractivity contribution in [2.24, 2.45) is 0 Å². The highest BCUT2D eigenvalue weighted by Gasteiger charge is 2.39. The molecule has 21 heavy (non-hydrogen) atoms. The maximum Gasteiger partial charge on any atom is 0.248 e. The molecule has 1 fully saturated rings. The molecular weight excluding hydrogens is 288 g/mol. The number of nitrogens with one attached hydrogen (secondary N) is 1. The summed E-state index contributed by atoms with van der Waals surface area (Å²) >= 11 is 6.26. The van der Waals surface area contributed by atoms with E-state index in [1.54, 1.807) is 18.7 Å². The van der Waals surface area contributed by atoms with Gasteiger partial charge >= 0.3 is 0 Å². The third-order valence-corrected chi connectivity index (χ3v) is 4.16. The highest BCUT2D eigenvalue weighted by atomic mass is 35.5. The van der Waals surface area contributed by atoms with Gasteiger partial charge in [-0.3, -0.25) is 9.59 Å². The van der Waals surface area contributed by atoms with Gasteiger partial charge in [0.1, 0.15) is 5.54 Å². The van der Waals surface area contributed by atoms with E-state index < -0.39 is 5.54 Å². The van der Waals surface area contributed by atoms with Gasteiger partial charge in [-0.25, -0.2) is 0 Å². The fourth-order valence-corrected chi connectivity index (χ4v) is 2.88. The second-order valence-electron chi connectivity index (χ2n) is 6.25. The molecule has 0 bridgehead atoms. The molecule has 0 aliphatic carbocycles. The largest absolute Gasteiger partial charge is 0.342 e. The minimum Gasteiger partial charge on any atom is -0.342 e. The summed E-state index contributed by atoms with van der Waals surface area (Å²) in [7, 11) is 0. The summed E-state index contributed by atoms with van der Waals surface area (Å²) in [5.74, 6) is -0.184. The zero-order chi connectivity index (χ0) is 15.8. The first-order valence-electron chi connectivity index (χ1n) is 7.08. The van der Waals surface area contributed by atoms with Gasteiger partial charge < -0.3 is 10.2 Å². The molecule has 4 nitrogen and oxygen atoms in total. The Labute approximate surface area is 130 Å². The lowest BCUT2D eigenvalue weighted by Crippen LogP contribution is -2.53. The summed E-state index contributed by atoms with van der Waals surface area (Å²) in [5, 5.41) is 3.42. The molecule has 1 unspecified atom stereocenters. The van der Waals surface area contributed by atoms with Crippen LogP contribution in [0.2, 0.25) is 5.02 Å². The maximum atomic E-state index is 12.7. The molecule has 1 aliphatic rings. The molecule has 2 rings (SSSR count). The van der Waals surface area contributed by atoms with Crippen LogP contribution in [-0.2, 0) is 16.1 Å². The van der Waals surface area contributed by atoms with Crippen molar-refractivity contribution in [3.05, 3.63) is 34.3 Å². The van der Waals surface area contributed by atoms with Crippen molar-refractivity contribution in [2.75, 3.05) is 0 Å². The van der Waals surface area contributed by atoms with Crippen LogP contribution < -0.4 is 5.32 Å². The topological polar surface area (TPSA) is 49.4 Å². The maximum absolute atomic E-state index is 12.7. The first-order chi connectivity index (χ1) is 9.70. The van der Waals surface area contributed by atoms with Crippen molar-refractivity contribution in [1.29, 1.82) is 0 Å². The second-order valence-corrected chi connectivity index (χ2v) is 6.66. The Hall–Kier alpha value is -1.55. The molecule has 1 saturated heterocycles. The van der Waals surface area contributed by atoms with Gasteiger partial charge in [0.15, 0.2) is 0 Å². The highest BCUT2D eigenvalue weighted by Crippen LogP contribution is 2.24. The SMILES string of the molecule is Cc1ccc(CN2C(=O)C(C)(C)NC(=O)CC2C)c(Cl)c1. The summed E-state index contributed by atoms with van der Waals surface area (Å²) in [6.07, 6.45) is 0.304. The Kier molecular flexibility index (Phi) is 4.28. The predicted molar refractivity (Wildman–Crippen MR) is 83.0 cm³/mol. The van der Waals surface area contributed by atoms with E-state index in [9.17, 15) is 9.59 Å². The van der Waals surface area contributed by atoms with Crippen molar-refractivity contribution in [1.82, 2.24) is 10.2 Å². The van der Waals surface area contributed by atoms with Crippen molar-refractivity contribution in [3.63, 3.8) is 0 Å². The molecular formula is C16H21ClN2O2. The highest BCUT2D eigenvalue weighted by molar-refractivity contribution is 6.31. The lowest BCUT2D eigenvalue weighted by Gasteiger charge is -2.32. The summed E-state index contributed by atoms with van der Waals surface area (Å²) in [4.78, 5) is 26.3. The van der Waals surface area contributed by atoms with E-state index in [0.717, 1.165) is 11.1 Å². The van der Waals surface area contributed by atoms with Crippen LogP contribution in [0.3, 0.4) is 0 Å². The zero-order valence-electron chi connectivity index (χ0n) is 12.9. The fraction of sp³-hybridized carbons (Fsp3) is 0.500. The monoisotopic (exact) mass is 308 g/mol. The van der Waals surface area contributed by atoms with E-state index in [1.807, 2.05) is 32.0 Å². The first-order valence-corrected chi connectivity index (χ1v) is 7.45. The standard InChI is InChI=1S/C16H21ClN2O2/c1-10-5-6-12(13(17)7-10)9-19-11(2)8-14(20)18-16(3,4)15(19)21/h5-7,11H,8-9H2,1-4H3,(H,18,20). The average Bonchev–Trinajstić information content (AvgIpc) is 2.41.